The zero-order chi connectivity index (χ0) is 20.3. The van der Waals surface area contributed by atoms with E-state index in [0.29, 0.717) is 43.6 Å². The molecule has 0 aliphatic carbocycles. The van der Waals surface area contributed by atoms with Crippen LogP contribution in [0.2, 0.25) is 0 Å². The van der Waals surface area contributed by atoms with Crippen LogP contribution in [-0.2, 0) is 4.74 Å². The third-order valence-electron chi connectivity index (χ3n) is 3.95. The van der Waals surface area contributed by atoms with Gasteiger partial charge in [0.25, 0.3) is 0 Å². The van der Waals surface area contributed by atoms with Crippen LogP contribution in [0, 0.1) is 0 Å². The summed E-state index contributed by atoms with van der Waals surface area (Å²) in [5.74, 6) is 0.397. The summed E-state index contributed by atoms with van der Waals surface area (Å²) in [6.07, 6.45) is -0.343. The number of anilines is 1. The second kappa shape index (κ2) is 7.99. The smallest absolute Gasteiger partial charge is 0.410 e. The Morgan fingerprint density at radius 1 is 1.14 bits per heavy atom. The molecule has 1 aliphatic rings. The standard InChI is InChI=1S/C18H22F2N4O4/c1-18(2,3)27-17(25)24-10-8-23(9-11-24)16-21-14(22-28-16)12-4-6-13(7-5-12)26-15(19)20/h4-7,15H,8-11H2,1-3H3. The topological polar surface area (TPSA) is 80.9 Å². The van der Waals surface area contributed by atoms with Crippen LogP contribution in [0.3, 0.4) is 0 Å². The minimum Gasteiger partial charge on any atom is -0.444 e. The van der Waals surface area contributed by atoms with Crippen LogP contribution >= 0.6 is 0 Å². The Hall–Kier alpha value is -2.91. The molecule has 0 spiro atoms. The summed E-state index contributed by atoms with van der Waals surface area (Å²) >= 11 is 0. The molecule has 1 aromatic heterocycles. The Kier molecular flexibility index (Phi) is 5.66. The molecule has 0 N–H and O–H groups in total. The molecule has 1 aliphatic heterocycles. The largest absolute Gasteiger partial charge is 0.444 e. The highest BCUT2D eigenvalue weighted by Gasteiger charge is 2.27. The zero-order valence-corrected chi connectivity index (χ0v) is 15.9. The van der Waals surface area contributed by atoms with Crippen molar-refractivity contribution in [1.82, 2.24) is 15.0 Å². The number of amides is 1. The lowest BCUT2D eigenvalue weighted by Crippen LogP contribution is -2.50. The van der Waals surface area contributed by atoms with Gasteiger partial charge in [-0.15, -0.1) is 0 Å². The first-order chi connectivity index (χ1) is 13.2. The second-order valence-electron chi connectivity index (χ2n) is 7.26. The summed E-state index contributed by atoms with van der Waals surface area (Å²) in [6, 6.07) is 6.32. The van der Waals surface area contributed by atoms with E-state index in [2.05, 4.69) is 14.9 Å². The summed E-state index contributed by atoms with van der Waals surface area (Å²) in [4.78, 5) is 20.0. The third-order valence-corrected chi connectivity index (χ3v) is 3.95. The number of nitrogens with zero attached hydrogens (tertiary/aromatic N) is 4. The predicted molar refractivity (Wildman–Crippen MR) is 96.4 cm³/mol. The first-order valence-electron chi connectivity index (χ1n) is 8.83. The van der Waals surface area contributed by atoms with Crippen molar-refractivity contribution in [2.45, 2.75) is 33.0 Å². The molecule has 28 heavy (non-hydrogen) atoms. The van der Waals surface area contributed by atoms with Crippen LogP contribution < -0.4 is 9.64 Å². The van der Waals surface area contributed by atoms with Gasteiger partial charge in [-0.1, -0.05) is 5.16 Å². The molecule has 1 aromatic carbocycles. The minimum atomic E-state index is -2.87. The number of alkyl halides is 2. The van der Waals surface area contributed by atoms with E-state index in [4.69, 9.17) is 9.26 Å². The van der Waals surface area contributed by atoms with Crippen molar-refractivity contribution in [3.8, 4) is 17.1 Å². The van der Waals surface area contributed by atoms with E-state index in [1.165, 1.54) is 12.1 Å². The van der Waals surface area contributed by atoms with E-state index >= 15 is 0 Å². The van der Waals surface area contributed by atoms with Crippen LogP contribution in [0.4, 0.5) is 19.6 Å². The van der Waals surface area contributed by atoms with Crippen molar-refractivity contribution < 1.29 is 27.6 Å². The van der Waals surface area contributed by atoms with Gasteiger partial charge in [-0.2, -0.15) is 13.8 Å². The van der Waals surface area contributed by atoms with Crippen LogP contribution in [0.25, 0.3) is 11.4 Å². The molecule has 8 nitrogen and oxygen atoms in total. The van der Waals surface area contributed by atoms with Crippen LogP contribution in [-0.4, -0.2) is 59.5 Å². The highest BCUT2D eigenvalue weighted by molar-refractivity contribution is 5.68. The Labute approximate surface area is 161 Å². The van der Waals surface area contributed by atoms with Gasteiger partial charge in [-0.05, 0) is 45.0 Å². The molecule has 1 fully saturated rings. The van der Waals surface area contributed by atoms with Gasteiger partial charge in [0.2, 0.25) is 5.82 Å². The van der Waals surface area contributed by atoms with Gasteiger partial charge in [0.05, 0.1) is 0 Å². The van der Waals surface area contributed by atoms with E-state index in [0.717, 1.165) is 0 Å². The number of rotatable bonds is 4. The fourth-order valence-corrected chi connectivity index (χ4v) is 2.65. The van der Waals surface area contributed by atoms with E-state index in [9.17, 15) is 13.6 Å². The van der Waals surface area contributed by atoms with Crippen molar-refractivity contribution in [3.63, 3.8) is 0 Å². The number of hydrogen-bond donors (Lipinski definition) is 0. The van der Waals surface area contributed by atoms with Gasteiger partial charge in [0.15, 0.2) is 0 Å². The molecule has 0 radical (unpaired) electrons. The molecule has 10 heteroatoms. The van der Waals surface area contributed by atoms with Crippen molar-refractivity contribution in [2.24, 2.45) is 0 Å². The SMILES string of the molecule is CC(C)(C)OC(=O)N1CCN(c2nc(-c3ccc(OC(F)F)cc3)no2)CC1. The van der Waals surface area contributed by atoms with Gasteiger partial charge in [-0.3, -0.25) is 0 Å². The van der Waals surface area contributed by atoms with E-state index in [1.807, 2.05) is 25.7 Å². The van der Waals surface area contributed by atoms with Gasteiger partial charge in [0, 0.05) is 31.7 Å². The monoisotopic (exact) mass is 396 g/mol. The molecule has 0 atom stereocenters. The van der Waals surface area contributed by atoms with E-state index in [-0.39, 0.29) is 11.8 Å². The van der Waals surface area contributed by atoms with Gasteiger partial charge in [-0.25, -0.2) is 4.79 Å². The number of benzene rings is 1. The molecule has 152 valence electrons. The second-order valence-corrected chi connectivity index (χ2v) is 7.26. The van der Waals surface area contributed by atoms with Crippen LogP contribution in [0.5, 0.6) is 5.75 Å². The number of hydrogen-bond acceptors (Lipinski definition) is 7. The average molecular weight is 396 g/mol. The number of piperazine rings is 1. The lowest BCUT2D eigenvalue weighted by molar-refractivity contribution is -0.0498. The zero-order valence-electron chi connectivity index (χ0n) is 15.9. The Balaban J connectivity index is 1.58. The molecule has 3 rings (SSSR count). The first kappa shape index (κ1) is 19.8. The minimum absolute atomic E-state index is 0.0562. The number of carbonyl (C=O) groups is 1. The summed E-state index contributed by atoms with van der Waals surface area (Å²) < 4.78 is 39.4. The highest BCUT2D eigenvalue weighted by Crippen LogP contribution is 2.24. The van der Waals surface area contributed by atoms with Crippen LogP contribution in [0.1, 0.15) is 20.8 Å². The van der Waals surface area contributed by atoms with Crippen molar-refractivity contribution >= 4 is 12.1 Å². The molecule has 2 aromatic rings. The maximum absolute atomic E-state index is 12.2. The maximum Gasteiger partial charge on any atom is 0.410 e. The highest BCUT2D eigenvalue weighted by atomic mass is 19.3. The van der Waals surface area contributed by atoms with Crippen molar-refractivity contribution in [1.29, 1.82) is 0 Å². The molecular formula is C18H22F2N4O4. The van der Waals surface area contributed by atoms with Crippen molar-refractivity contribution in [2.75, 3.05) is 31.1 Å². The maximum atomic E-state index is 12.2. The predicted octanol–water partition coefficient (Wildman–Crippen LogP) is 3.40. The average Bonchev–Trinajstić information content (AvgIpc) is 3.10. The fourth-order valence-electron chi connectivity index (χ4n) is 2.65. The molecule has 1 amide bonds. The molecule has 0 unspecified atom stereocenters. The summed E-state index contributed by atoms with van der Waals surface area (Å²) in [5, 5.41) is 3.93. The lowest BCUT2D eigenvalue weighted by Gasteiger charge is -2.34. The van der Waals surface area contributed by atoms with Gasteiger partial charge in [0.1, 0.15) is 11.4 Å². The van der Waals surface area contributed by atoms with Gasteiger partial charge < -0.3 is 23.8 Å². The first-order valence-corrected chi connectivity index (χ1v) is 8.83. The molecule has 2 heterocycles. The normalized spacial score (nSPS) is 15.1. The Morgan fingerprint density at radius 3 is 2.36 bits per heavy atom. The molecule has 0 saturated carbocycles. The van der Waals surface area contributed by atoms with Crippen LogP contribution in [0.15, 0.2) is 28.8 Å². The fraction of sp³-hybridized carbons (Fsp3) is 0.500. The molecular weight excluding hydrogens is 374 g/mol. The van der Waals surface area contributed by atoms with E-state index < -0.39 is 12.2 Å². The Morgan fingerprint density at radius 2 is 1.79 bits per heavy atom. The lowest BCUT2D eigenvalue weighted by atomic mass is 10.2. The van der Waals surface area contributed by atoms with Crippen molar-refractivity contribution in [3.05, 3.63) is 24.3 Å². The quantitative estimate of drug-likeness (QED) is 0.783. The summed E-state index contributed by atoms with van der Waals surface area (Å²) in [7, 11) is 0. The number of carbonyl (C=O) groups excluding carboxylic acids is 1. The summed E-state index contributed by atoms with van der Waals surface area (Å²) in [5.41, 5.74) is 0.0786. The molecule has 1 saturated heterocycles. The molecule has 0 bridgehead atoms. The Bertz CT molecular complexity index is 797. The number of aromatic nitrogens is 2. The summed E-state index contributed by atoms with van der Waals surface area (Å²) in [6.45, 7) is 4.62. The van der Waals surface area contributed by atoms with E-state index in [1.54, 1.807) is 17.0 Å². The van der Waals surface area contributed by atoms with Gasteiger partial charge >= 0.3 is 18.7 Å². The number of halogens is 2. The number of ether oxygens (including phenoxy) is 2. The third kappa shape index (κ3) is 5.08.